The van der Waals surface area contributed by atoms with Crippen LogP contribution < -0.4 is 5.73 Å². The molecule has 2 rings (SSSR count). The largest absolute Gasteiger partial charge is 0.340 e. The Kier molecular flexibility index (Phi) is 4.05. The number of amides is 1. The van der Waals surface area contributed by atoms with Crippen LogP contribution in [0, 0.1) is 0 Å². The molecule has 0 aromatic rings. The second-order valence-electron chi connectivity index (χ2n) is 5.54. The normalized spacial score (nSPS) is 33.1. The monoisotopic (exact) mass is 239 g/mol. The molecule has 0 radical (unpaired) electrons. The summed E-state index contributed by atoms with van der Waals surface area (Å²) >= 11 is 0. The van der Waals surface area contributed by atoms with E-state index in [0.717, 1.165) is 6.54 Å². The molecule has 2 atom stereocenters. The fraction of sp³-hybridized carbons (Fsp3) is 0.923. The van der Waals surface area contributed by atoms with E-state index in [0.29, 0.717) is 18.6 Å². The lowest BCUT2D eigenvalue weighted by Gasteiger charge is -2.47. The Morgan fingerprint density at radius 2 is 1.94 bits per heavy atom. The van der Waals surface area contributed by atoms with Crippen molar-refractivity contribution in [2.45, 2.75) is 57.2 Å². The van der Waals surface area contributed by atoms with Crippen molar-refractivity contribution in [3.05, 3.63) is 0 Å². The smallest absolute Gasteiger partial charge is 0.241 e. The molecule has 4 heteroatoms. The molecule has 0 aromatic carbocycles. The third kappa shape index (κ3) is 2.47. The number of hydrogen-bond donors (Lipinski definition) is 1. The Labute approximate surface area is 104 Å². The van der Waals surface area contributed by atoms with Crippen LogP contribution in [-0.4, -0.2) is 54.0 Å². The van der Waals surface area contributed by atoms with E-state index in [-0.39, 0.29) is 11.9 Å². The van der Waals surface area contributed by atoms with Crippen LogP contribution in [0.25, 0.3) is 0 Å². The van der Waals surface area contributed by atoms with Gasteiger partial charge in [-0.3, -0.25) is 9.69 Å². The minimum absolute atomic E-state index is 0.0840. The van der Waals surface area contributed by atoms with Crippen molar-refractivity contribution in [1.29, 1.82) is 0 Å². The van der Waals surface area contributed by atoms with Crippen LogP contribution in [0.5, 0.6) is 0 Å². The zero-order valence-corrected chi connectivity index (χ0v) is 11.1. The van der Waals surface area contributed by atoms with Gasteiger partial charge < -0.3 is 10.6 Å². The van der Waals surface area contributed by atoms with Gasteiger partial charge in [0.05, 0.1) is 0 Å². The standard InChI is InChI=1S/C13H25N3O/c1-10-9-16(11-6-4-3-5-7-11)12(8-14)13(17)15(10)2/h10-12H,3-9,14H2,1-2H3. The first-order valence-electron chi connectivity index (χ1n) is 6.87. The molecule has 98 valence electrons. The summed E-state index contributed by atoms with van der Waals surface area (Å²) in [7, 11) is 1.90. The fourth-order valence-electron chi connectivity index (χ4n) is 3.20. The number of nitrogens with two attached hydrogens (primary N) is 1. The van der Waals surface area contributed by atoms with Gasteiger partial charge in [-0.25, -0.2) is 0 Å². The van der Waals surface area contributed by atoms with Crippen molar-refractivity contribution >= 4 is 5.91 Å². The van der Waals surface area contributed by atoms with Crippen molar-refractivity contribution in [1.82, 2.24) is 9.80 Å². The predicted octanol–water partition coefficient (Wildman–Crippen LogP) is 0.809. The summed E-state index contributed by atoms with van der Waals surface area (Å²) in [5, 5.41) is 0. The maximum Gasteiger partial charge on any atom is 0.241 e. The van der Waals surface area contributed by atoms with Crippen molar-refractivity contribution in [2.24, 2.45) is 5.73 Å². The highest BCUT2D eigenvalue weighted by Gasteiger charge is 2.39. The highest BCUT2D eigenvalue weighted by molar-refractivity contribution is 5.83. The van der Waals surface area contributed by atoms with Crippen LogP contribution in [0.3, 0.4) is 0 Å². The van der Waals surface area contributed by atoms with Crippen LogP contribution in [-0.2, 0) is 4.79 Å². The summed E-state index contributed by atoms with van der Waals surface area (Å²) < 4.78 is 0. The lowest BCUT2D eigenvalue weighted by molar-refractivity contribution is -0.145. The molecule has 2 unspecified atom stereocenters. The van der Waals surface area contributed by atoms with E-state index in [4.69, 9.17) is 5.73 Å². The van der Waals surface area contributed by atoms with Crippen LogP contribution in [0.1, 0.15) is 39.0 Å². The number of rotatable bonds is 2. The van der Waals surface area contributed by atoms with Crippen LogP contribution in [0.4, 0.5) is 0 Å². The van der Waals surface area contributed by atoms with E-state index in [9.17, 15) is 4.79 Å². The van der Waals surface area contributed by atoms with Gasteiger partial charge in [-0.15, -0.1) is 0 Å². The molecule has 2 fully saturated rings. The van der Waals surface area contributed by atoms with Gasteiger partial charge >= 0.3 is 0 Å². The van der Waals surface area contributed by atoms with Gasteiger partial charge in [-0.05, 0) is 19.8 Å². The van der Waals surface area contributed by atoms with Gasteiger partial charge in [0.2, 0.25) is 5.91 Å². The molecular weight excluding hydrogens is 214 g/mol. The number of piperazine rings is 1. The molecule has 0 spiro atoms. The molecule has 1 saturated carbocycles. The first kappa shape index (κ1) is 12.8. The summed E-state index contributed by atoms with van der Waals surface area (Å²) in [5.41, 5.74) is 5.81. The summed E-state index contributed by atoms with van der Waals surface area (Å²) in [5.74, 6) is 0.205. The Hall–Kier alpha value is -0.610. The van der Waals surface area contributed by atoms with Crippen LogP contribution in [0.15, 0.2) is 0 Å². The first-order chi connectivity index (χ1) is 8.15. The average Bonchev–Trinajstić information content (AvgIpc) is 2.36. The molecule has 17 heavy (non-hydrogen) atoms. The third-order valence-electron chi connectivity index (χ3n) is 4.44. The number of nitrogens with zero attached hydrogens (tertiary/aromatic N) is 2. The van der Waals surface area contributed by atoms with Gasteiger partial charge in [0.25, 0.3) is 0 Å². The van der Waals surface area contributed by atoms with Crippen molar-refractivity contribution in [3.63, 3.8) is 0 Å². The molecule has 0 bridgehead atoms. The van der Waals surface area contributed by atoms with Gasteiger partial charge in [-0.1, -0.05) is 19.3 Å². The second-order valence-corrected chi connectivity index (χ2v) is 5.54. The molecule has 1 heterocycles. The molecule has 2 aliphatic rings. The topological polar surface area (TPSA) is 49.6 Å². The minimum Gasteiger partial charge on any atom is -0.340 e. The molecule has 2 N–H and O–H groups in total. The molecule has 1 aliphatic heterocycles. The number of hydrogen-bond acceptors (Lipinski definition) is 3. The maximum absolute atomic E-state index is 12.2. The summed E-state index contributed by atoms with van der Waals surface area (Å²) in [6, 6.07) is 0.809. The lowest BCUT2D eigenvalue weighted by atomic mass is 9.91. The average molecular weight is 239 g/mol. The lowest BCUT2D eigenvalue weighted by Crippen LogP contribution is -2.64. The summed E-state index contributed by atoms with van der Waals surface area (Å²) in [6.07, 6.45) is 6.43. The molecule has 1 amide bonds. The first-order valence-corrected chi connectivity index (χ1v) is 6.87. The van der Waals surface area contributed by atoms with Crippen molar-refractivity contribution < 1.29 is 4.79 Å². The zero-order chi connectivity index (χ0) is 12.4. The van der Waals surface area contributed by atoms with Gasteiger partial charge in [0.15, 0.2) is 0 Å². The molecule has 1 aliphatic carbocycles. The Morgan fingerprint density at radius 3 is 2.53 bits per heavy atom. The second kappa shape index (κ2) is 5.36. The number of likely N-dealkylation sites (N-methyl/N-ethyl adjacent to an activating group) is 1. The Balaban J connectivity index is 2.10. The Bertz CT molecular complexity index is 276. The van der Waals surface area contributed by atoms with Crippen LogP contribution >= 0.6 is 0 Å². The van der Waals surface area contributed by atoms with E-state index in [1.54, 1.807) is 0 Å². The van der Waals surface area contributed by atoms with E-state index in [1.807, 2.05) is 11.9 Å². The van der Waals surface area contributed by atoms with E-state index < -0.39 is 0 Å². The highest BCUT2D eigenvalue weighted by atomic mass is 16.2. The fourth-order valence-corrected chi connectivity index (χ4v) is 3.20. The SMILES string of the molecule is CC1CN(C2CCCCC2)C(CN)C(=O)N1C. The number of carbonyl (C=O) groups is 1. The van der Waals surface area contributed by atoms with E-state index in [2.05, 4.69) is 11.8 Å². The molecule has 1 saturated heterocycles. The highest BCUT2D eigenvalue weighted by Crippen LogP contribution is 2.27. The van der Waals surface area contributed by atoms with Crippen molar-refractivity contribution in [3.8, 4) is 0 Å². The molecule has 4 nitrogen and oxygen atoms in total. The van der Waals surface area contributed by atoms with Gasteiger partial charge in [-0.2, -0.15) is 0 Å². The van der Waals surface area contributed by atoms with Crippen LogP contribution in [0.2, 0.25) is 0 Å². The van der Waals surface area contributed by atoms with E-state index in [1.165, 1.54) is 32.1 Å². The summed E-state index contributed by atoms with van der Waals surface area (Å²) in [6.45, 7) is 3.56. The zero-order valence-electron chi connectivity index (χ0n) is 11.1. The van der Waals surface area contributed by atoms with Crippen molar-refractivity contribution in [2.75, 3.05) is 20.1 Å². The predicted molar refractivity (Wildman–Crippen MR) is 68.7 cm³/mol. The maximum atomic E-state index is 12.2. The van der Waals surface area contributed by atoms with Gasteiger partial charge in [0, 0.05) is 32.2 Å². The number of carbonyl (C=O) groups excluding carboxylic acids is 1. The molecule has 0 aromatic heterocycles. The third-order valence-corrected chi connectivity index (χ3v) is 4.44. The Morgan fingerprint density at radius 1 is 1.29 bits per heavy atom. The van der Waals surface area contributed by atoms with E-state index >= 15 is 0 Å². The minimum atomic E-state index is -0.0840. The van der Waals surface area contributed by atoms with Gasteiger partial charge in [0.1, 0.15) is 6.04 Å². The quantitative estimate of drug-likeness (QED) is 0.776. The molecular formula is C13H25N3O. The summed E-state index contributed by atoms with van der Waals surface area (Å²) in [4.78, 5) is 16.5.